The molecule has 0 aliphatic rings. The molecule has 7 heteroatoms. The van der Waals surface area contributed by atoms with Crippen LogP contribution in [0.15, 0.2) is 41.2 Å². The van der Waals surface area contributed by atoms with Crippen molar-refractivity contribution >= 4 is 22.4 Å². The Kier molecular flexibility index (Phi) is 3.84. The van der Waals surface area contributed by atoms with Gasteiger partial charge >= 0.3 is 0 Å². The molecule has 0 atom stereocenters. The van der Waals surface area contributed by atoms with Gasteiger partial charge in [0, 0.05) is 23.1 Å². The second kappa shape index (κ2) is 5.86. The van der Waals surface area contributed by atoms with Crippen molar-refractivity contribution in [3.05, 3.63) is 79.1 Å². The lowest BCUT2D eigenvalue weighted by Crippen LogP contribution is -2.19. The quantitative estimate of drug-likeness (QED) is 0.433. The highest BCUT2D eigenvalue weighted by molar-refractivity contribution is 6.13. The van der Waals surface area contributed by atoms with Crippen LogP contribution >= 0.6 is 0 Å². The first kappa shape index (κ1) is 16.4. The van der Waals surface area contributed by atoms with Gasteiger partial charge in [-0.2, -0.15) is 0 Å². The number of aryl methyl sites for hydroxylation is 2. The van der Waals surface area contributed by atoms with E-state index in [-0.39, 0.29) is 16.8 Å². The standard InChI is InChI=1S/C18H14N2O5/c1-9-7-10(2)15-13(8-9)17(22)14(18(23)19-15)16(21)11-3-5-12(6-4-11)20(24)25/h3-8H,1-2H3,(H2,19,22,23). The molecular weight excluding hydrogens is 324 g/mol. The Morgan fingerprint density at radius 2 is 1.80 bits per heavy atom. The number of aromatic amines is 1. The summed E-state index contributed by atoms with van der Waals surface area (Å²) in [5.41, 5.74) is 0.937. The van der Waals surface area contributed by atoms with E-state index in [0.29, 0.717) is 10.9 Å². The van der Waals surface area contributed by atoms with Crippen LogP contribution in [0.1, 0.15) is 27.0 Å². The highest BCUT2D eigenvalue weighted by Gasteiger charge is 2.22. The molecule has 126 valence electrons. The number of nitrogens with zero attached hydrogens (tertiary/aromatic N) is 1. The van der Waals surface area contributed by atoms with Gasteiger partial charge < -0.3 is 10.1 Å². The summed E-state index contributed by atoms with van der Waals surface area (Å²) in [7, 11) is 0. The van der Waals surface area contributed by atoms with Crippen LogP contribution in [0, 0.1) is 24.0 Å². The first-order valence-electron chi connectivity index (χ1n) is 7.45. The normalized spacial score (nSPS) is 10.8. The van der Waals surface area contributed by atoms with Gasteiger partial charge in [0.1, 0.15) is 11.3 Å². The minimum atomic E-state index is -0.708. The van der Waals surface area contributed by atoms with Crippen molar-refractivity contribution < 1.29 is 14.8 Å². The highest BCUT2D eigenvalue weighted by atomic mass is 16.6. The monoisotopic (exact) mass is 338 g/mol. The second-order valence-electron chi connectivity index (χ2n) is 5.82. The highest BCUT2D eigenvalue weighted by Crippen LogP contribution is 2.29. The van der Waals surface area contributed by atoms with E-state index >= 15 is 0 Å². The maximum atomic E-state index is 12.6. The number of carbonyl (C=O) groups is 1. The molecule has 0 amide bonds. The molecule has 7 nitrogen and oxygen atoms in total. The molecule has 2 N–H and O–H groups in total. The molecule has 0 aliphatic carbocycles. The third-order valence-electron chi connectivity index (χ3n) is 4.00. The van der Waals surface area contributed by atoms with E-state index in [0.717, 1.165) is 11.1 Å². The van der Waals surface area contributed by atoms with Gasteiger partial charge in [-0.05, 0) is 43.2 Å². The maximum Gasteiger partial charge on any atom is 0.269 e. The second-order valence-corrected chi connectivity index (χ2v) is 5.82. The Labute approximate surface area is 141 Å². The molecule has 0 radical (unpaired) electrons. The molecule has 1 heterocycles. The summed E-state index contributed by atoms with van der Waals surface area (Å²) in [6, 6.07) is 8.40. The van der Waals surface area contributed by atoms with E-state index in [4.69, 9.17) is 0 Å². The van der Waals surface area contributed by atoms with Crippen LogP contribution in [0.4, 0.5) is 5.69 Å². The predicted molar refractivity (Wildman–Crippen MR) is 92.2 cm³/mol. The molecule has 0 saturated carbocycles. The zero-order valence-corrected chi connectivity index (χ0v) is 13.5. The van der Waals surface area contributed by atoms with E-state index in [1.165, 1.54) is 24.3 Å². The number of ketones is 1. The van der Waals surface area contributed by atoms with Crippen molar-refractivity contribution in [3.63, 3.8) is 0 Å². The SMILES string of the molecule is Cc1cc(C)c2[nH]c(=O)c(C(=O)c3ccc([N+](=O)[O-])cc3)c(O)c2c1. The summed E-state index contributed by atoms with van der Waals surface area (Å²) in [5, 5.41) is 21.6. The molecule has 0 fully saturated rings. The molecule has 0 spiro atoms. The van der Waals surface area contributed by atoms with E-state index < -0.39 is 22.0 Å². The fourth-order valence-electron chi connectivity index (χ4n) is 2.83. The Bertz CT molecular complexity index is 1080. The minimum absolute atomic E-state index is 0.0788. The lowest BCUT2D eigenvalue weighted by molar-refractivity contribution is -0.384. The van der Waals surface area contributed by atoms with Crippen molar-refractivity contribution in [1.82, 2.24) is 4.98 Å². The summed E-state index contributed by atoms with van der Waals surface area (Å²) >= 11 is 0. The number of rotatable bonds is 3. The van der Waals surface area contributed by atoms with Crippen LogP contribution in [0.3, 0.4) is 0 Å². The van der Waals surface area contributed by atoms with Crippen molar-refractivity contribution in [2.45, 2.75) is 13.8 Å². The molecule has 3 aromatic rings. The maximum absolute atomic E-state index is 12.6. The van der Waals surface area contributed by atoms with Gasteiger partial charge in [-0.3, -0.25) is 19.7 Å². The van der Waals surface area contributed by atoms with Crippen LogP contribution in [-0.4, -0.2) is 20.8 Å². The van der Waals surface area contributed by atoms with Crippen LogP contribution < -0.4 is 5.56 Å². The van der Waals surface area contributed by atoms with Crippen LogP contribution in [0.5, 0.6) is 5.75 Å². The number of fused-ring (bicyclic) bond motifs is 1. The van der Waals surface area contributed by atoms with Crippen LogP contribution in [0.2, 0.25) is 0 Å². The zero-order valence-electron chi connectivity index (χ0n) is 13.5. The molecule has 0 unspecified atom stereocenters. The summed E-state index contributed by atoms with van der Waals surface area (Å²) in [6.07, 6.45) is 0. The fourth-order valence-corrected chi connectivity index (χ4v) is 2.83. The minimum Gasteiger partial charge on any atom is -0.506 e. The summed E-state index contributed by atoms with van der Waals surface area (Å²) in [5.74, 6) is -1.09. The topological polar surface area (TPSA) is 113 Å². The Hall–Kier alpha value is -3.48. The van der Waals surface area contributed by atoms with E-state index in [9.17, 15) is 24.8 Å². The number of aromatic hydroxyl groups is 1. The van der Waals surface area contributed by atoms with Crippen molar-refractivity contribution in [2.24, 2.45) is 0 Å². The van der Waals surface area contributed by atoms with Gasteiger partial charge in [-0.1, -0.05) is 6.07 Å². The number of aromatic nitrogens is 1. The van der Waals surface area contributed by atoms with Crippen molar-refractivity contribution in [3.8, 4) is 5.75 Å². The number of nitrogens with one attached hydrogen (secondary N) is 1. The van der Waals surface area contributed by atoms with Gasteiger partial charge in [-0.25, -0.2) is 0 Å². The Morgan fingerprint density at radius 3 is 2.40 bits per heavy atom. The summed E-state index contributed by atoms with van der Waals surface area (Å²) < 4.78 is 0. The molecule has 3 rings (SSSR count). The summed E-state index contributed by atoms with van der Waals surface area (Å²) in [4.78, 5) is 37.7. The molecule has 0 saturated heterocycles. The number of benzene rings is 2. The smallest absolute Gasteiger partial charge is 0.269 e. The first-order chi connectivity index (χ1) is 11.8. The van der Waals surface area contributed by atoms with E-state index in [1.807, 2.05) is 13.0 Å². The molecular formula is C18H14N2O5. The Balaban J connectivity index is 2.19. The first-order valence-corrected chi connectivity index (χ1v) is 7.45. The third-order valence-corrected chi connectivity index (χ3v) is 4.00. The lowest BCUT2D eigenvalue weighted by atomic mass is 9.99. The van der Waals surface area contributed by atoms with Gasteiger partial charge in [0.25, 0.3) is 11.2 Å². The molecule has 2 aromatic carbocycles. The predicted octanol–water partition coefficient (Wildman–Crippen LogP) is 2.99. The number of nitro groups is 1. The van der Waals surface area contributed by atoms with Gasteiger partial charge in [-0.15, -0.1) is 0 Å². The van der Waals surface area contributed by atoms with Crippen molar-refractivity contribution in [1.29, 1.82) is 0 Å². The molecule has 25 heavy (non-hydrogen) atoms. The van der Waals surface area contributed by atoms with E-state index in [2.05, 4.69) is 4.98 Å². The molecule has 0 aliphatic heterocycles. The van der Waals surface area contributed by atoms with E-state index in [1.54, 1.807) is 13.0 Å². The number of non-ortho nitro benzene ring substituents is 1. The molecule has 0 bridgehead atoms. The Morgan fingerprint density at radius 1 is 1.16 bits per heavy atom. The number of carbonyl (C=O) groups excluding carboxylic acids is 1. The van der Waals surface area contributed by atoms with Crippen molar-refractivity contribution in [2.75, 3.05) is 0 Å². The number of nitro benzene ring substituents is 1. The average molecular weight is 338 g/mol. The number of hydrogen-bond donors (Lipinski definition) is 2. The lowest BCUT2D eigenvalue weighted by Gasteiger charge is -2.10. The van der Waals surface area contributed by atoms with Crippen LogP contribution in [0.25, 0.3) is 10.9 Å². The zero-order chi connectivity index (χ0) is 18.3. The summed E-state index contributed by atoms with van der Waals surface area (Å²) in [6.45, 7) is 3.64. The number of hydrogen-bond acceptors (Lipinski definition) is 5. The van der Waals surface area contributed by atoms with Gasteiger partial charge in [0.05, 0.1) is 10.4 Å². The largest absolute Gasteiger partial charge is 0.506 e. The van der Waals surface area contributed by atoms with Gasteiger partial charge in [0.15, 0.2) is 0 Å². The average Bonchev–Trinajstić information content (AvgIpc) is 2.56. The third kappa shape index (κ3) is 2.76. The number of H-pyrrole nitrogens is 1. The molecule has 1 aromatic heterocycles. The number of pyridine rings is 1. The van der Waals surface area contributed by atoms with Gasteiger partial charge in [0.2, 0.25) is 5.78 Å². The van der Waals surface area contributed by atoms with Crippen LogP contribution in [-0.2, 0) is 0 Å². The fraction of sp³-hybridized carbons (Fsp3) is 0.111.